The van der Waals surface area contributed by atoms with Crippen molar-refractivity contribution in [3.05, 3.63) is 22.3 Å². The van der Waals surface area contributed by atoms with Gasteiger partial charge in [-0.25, -0.2) is 9.78 Å². The van der Waals surface area contributed by atoms with Crippen molar-refractivity contribution in [1.29, 1.82) is 0 Å². The van der Waals surface area contributed by atoms with Crippen molar-refractivity contribution in [2.24, 2.45) is 10.6 Å². The fourth-order valence-electron chi connectivity index (χ4n) is 3.33. The molecule has 0 saturated carbocycles. The predicted octanol–water partition coefficient (Wildman–Crippen LogP) is 0.683. The standard InChI is InChI=1S/C21H27N5O8S2/c1-9(34-19(30)21(2,3)4)33-18(29)14-10(6-32-5)7-35-17-13(16(28)26(14)17)24-15(27)12(25-31)11-8-36-20(22)23-11/h8-9,13,17,31H,6-7H2,1-5H3,(H2,22,23)(H,24,27)/b25-12-/t9-,13-,17-/m1/s1. The number of thiazole rings is 1. The van der Waals surface area contributed by atoms with Crippen molar-refractivity contribution in [1.82, 2.24) is 15.2 Å². The highest BCUT2D eigenvalue weighted by Gasteiger charge is 2.55. The summed E-state index contributed by atoms with van der Waals surface area (Å²) in [6.07, 6.45) is -1.20. The minimum Gasteiger partial charge on any atom is -0.425 e. The van der Waals surface area contributed by atoms with Crippen LogP contribution in [0.3, 0.4) is 0 Å². The van der Waals surface area contributed by atoms with E-state index in [9.17, 15) is 24.4 Å². The van der Waals surface area contributed by atoms with Crippen molar-refractivity contribution in [3.8, 4) is 0 Å². The first-order valence-corrected chi connectivity index (χ1v) is 12.6. The van der Waals surface area contributed by atoms with Crippen LogP contribution in [0, 0.1) is 5.41 Å². The van der Waals surface area contributed by atoms with Gasteiger partial charge in [0.25, 0.3) is 11.8 Å². The molecule has 2 amide bonds. The van der Waals surface area contributed by atoms with Crippen LogP contribution in [0.2, 0.25) is 0 Å². The Morgan fingerprint density at radius 3 is 2.61 bits per heavy atom. The minimum absolute atomic E-state index is 0.0296. The molecule has 13 nitrogen and oxygen atoms in total. The molecule has 4 N–H and O–H groups in total. The fraction of sp³-hybridized carbons (Fsp3) is 0.524. The van der Waals surface area contributed by atoms with E-state index in [2.05, 4.69) is 15.5 Å². The first-order valence-electron chi connectivity index (χ1n) is 10.7. The van der Waals surface area contributed by atoms with E-state index in [1.807, 2.05) is 0 Å². The summed E-state index contributed by atoms with van der Waals surface area (Å²) < 4.78 is 15.7. The molecule has 0 radical (unpaired) electrons. The third kappa shape index (κ3) is 5.63. The number of nitrogens with zero attached hydrogens (tertiary/aromatic N) is 3. The number of amides is 2. The van der Waals surface area contributed by atoms with E-state index < -0.39 is 52.6 Å². The Kier molecular flexibility index (Phi) is 8.26. The molecule has 3 atom stereocenters. The number of fused-ring (bicyclic) bond motifs is 1. The number of esters is 2. The molecule has 2 aliphatic heterocycles. The number of rotatable bonds is 8. The van der Waals surface area contributed by atoms with Gasteiger partial charge < -0.3 is 30.5 Å². The van der Waals surface area contributed by atoms with E-state index in [-0.39, 0.29) is 23.1 Å². The molecule has 36 heavy (non-hydrogen) atoms. The van der Waals surface area contributed by atoms with E-state index in [0.29, 0.717) is 11.3 Å². The van der Waals surface area contributed by atoms with Crippen LogP contribution in [0.25, 0.3) is 0 Å². The number of nitrogen functional groups attached to an aromatic ring is 1. The molecule has 0 bridgehead atoms. The van der Waals surface area contributed by atoms with E-state index in [4.69, 9.17) is 19.9 Å². The van der Waals surface area contributed by atoms with E-state index in [1.165, 1.54) is 36.1 Å². The molecule has 0 spiro atoms. The second-order valence-electron chi connectivity index (χ2n) is 8.89. The summed E-state index contributed by atoms with van der Waals surface area (Å²) in [4.78, 5) is 56.0. The van der Waals surface area contributed by atoms with Crippen LogP contribution < -0.4 is 11.1 Å². The van der Waals surface area contributed by atoms with Gasteiger partial charge >= 0.3 is 11.9 Å². The molecular formula is C21H27N5O8S2. The Hall–Kier alpha value is -3.17. The number of oxime groups is 1. The highest BCUT2D eigenvalue weighted by molar-refractivity contribution is 8.00. The molecular weight excluding hydrogens is 514 g/mol. The molecule has 2 aliphatic rings. The van der Waals surface area contributed by atoms with Crippen LogP contribution in [-0.2, 0) is 33.4 Å². The van der Waals surface area contributed by atoms with Crippen molar-refractivity contribution in [2.45, 2.75) is 45.4 Å². The Labute approximate surface area is 215 Å². The summed E-state index contributed by atoms with van der Waals surface area (Å²) in [5, 5.41) is 15.8. The van der Waals surface area contributed by atoms with Gasteiger partial charge in [0, 0.05) is 25.2 Å². The van der Waals surface area contributed by atoms with Gasteiger partial charge in [-0.2, -0.15) is 0 Å². The van der Waals surface area contributed by atoms with Crippen LogP contribution in [0.15, 0.2) is 21.8 Å². The quantitative estimate of drug-likeness (QED) is 0.105. The fourth-order valence-corrected chi connectivity index (χ4v) is 5.21. The van der Waals surface area contributed by atoms with Crippen molar-refractivity contribution < 1.29 is 38.6 Å². The SMILES string of the molecule is COCC1=C(C(=O)O[C@@H](C)OC(=O)C(C)(C)C)N2C(=O)[C@@H](NC(=O)/C(=N\O)c3csc(N)n3)[C@H]2SC1. The molecule has 196 valence electrons. The number of carbonyl (C=O) groups excluding carboxylic acids is 4. The second-order valence-corrected chi connectivity index (χ2v) is 10.9. The third-order valence-corrected chi connectivity index (χ3v) is 7.10. The number of nitrogens with one attached hydrogen (secondary N) is 1. The van der Waals surface area contributed by atoms with Gasteiger partial charge in [-0.15, -0.1) is 23.1 Å². The van der Waals surface area contributed by atoms with E-state index >= 15 is 0 Å². The number of hydrogen-bond donors (Lipinski definition) is 3. The van der Waals surface area contributed by atoms with E-state index in [1.54, 1.807) is 20.8 Å². The maximum Gasteiger partial charge on any atom is 0.358 e. The van der Waals surface area contributed by atoms with Gasteiger partial charge in [0.1, 0.15) is 22.8 Å². The lowest BCUT2D eigenvalue weighted by atomic mass is 9.97. The number of methoxy groups -OCH3 is 1. The Balaban J connectivity index is 1.75. The largest absolute Gasteiger partial charge is 0.425 e. The van der Waals surface area contributed by atoms with Gasteiger partial charge in [-0.1, -0.05) is 5.16 Å². The average Bonchev–Trinajstić information content (AvgIpc) is 3.22. The predicted molar refractivity (Wildman–Crippen MR) is 130 cm³/mol. The van der Waals surface area contributed by atoms with Gasteiger partial charge in [-0.3, -0.25) is 19.3 Å². The zero-order valence-electron chi connectivity index (χ0n) is 20.3. The molecule has 0 aromatic carbocycles. The van der Waals surface area contributed by atoms with Crippen molar-refractivity contribution >= 4 is 57.7 Å². The zero-order chi connectivity index (χ0) is 26.8. The summed E-state index contributed by atoms with van der Waals surface area (Å²) in [5.74, 6) is -2.51. The maximum absolute atomic E-state index is 13.0. The summed E-state index contributed by atoms with van der Waals surface area (Å²) in [6.45, 7) is 6.45. The topological polar surface area (TPSA) is 183 Å². The van der Waals surface area contributed by atoms with Gasteiger partial charge in [0.2, 0.25) is 6.29 Å². The van der Waals surface area contributed by atoms with Crippen LogP contribution in [0.1, 0.15) is 33.4 Å². The van der Waals surface area contributed by atoms with Gasteiger partial charge in [0.05, 0.1) is 12.0 Å². The monoisotopic (exact) mass is 541 g/mol. The number of thioether (sulfide) groups is 1. The summed E-state index contributed by atoms with van der Waals surface area (Å²) >= 11 is 2.37. The molecule has 3 rings (SSSR count). The summed E-state index contributed by atoms with van der Waals surface area (Å²) in [7, 11) is 1.45. The van der Waals surface area contributed by atoms with Crippen LogP contribution in [0.5, 0.6) is 0 Å². The Bertz CT molecular complexity index is 1130. The molecule has 1 aromatic heterocycles. The zero-order valence-corrected chi connectivity index (χ0v) is 21.9. The van der Waals surface area contributed by atoms with Gasteiger partial charge in [-0.05, 0) is 26.3 Å². The number of nitrogens with two attached hydrogens (primary N) is 1. The average molecular weight is 542 g/mol. The van der Waals surface area contributed by atoms with Crippen molar-refractivity contribution in [3.63, 3.8) is 0 Å². The Morgan fingerprint density at radius 2 is 2.06 bits per heavy atom. The number of ether oxygens (including phenoxy) is 3. The molecule has 1 fully saturated rings. The van der Waals surface area contributed by atoms with Crippen molar-refractivity contribution in [2.75, 3.05) is 25.2 Å². The van der Waals surface area contributed by atoms with Crippen LogP contribution >= 0.6 is 23.1 Å². The molecule has 0 aliphatic carbocycles. The summed E-state index contributed by atoms with van der Waals surface area (Å²) in [6, 6.07) is -1.00. The second kappa shape index (κ2) is 10.8. The number of hydrogen-bond acceptors (Lipinski definition) is 13. The molecule has 1 aromatic rings. The number of anilines is 1. The lowest BCUT2D eigenvalue weighted by Gasteiger charge is -2.49. The highest BCUT2D eigenvalue weighted by Crippen LogP contribution is 2.41. The number of carbonyl (C=O) groups is 4. The molecule has 0 unspecified atom stereocenters. The third-order valence-electron chi connectivity index (χ3n) is 5.08. The lowest BCUT2D eigenvalue weighted by Crippen LogP contribution is -2.71. The minimum atomic E-state index is -1.20. The van der Waals surface area contributed by atoms with E-state index in [0.717, 1.165) is 11.3 Å². The smallest absolute Gasteiger partial charge is 0.358 e. The maximum atomic E-state index is 13.0. The lowest BCUT2D eigenvalue weighted by molar-refractivity contribution is -0.190. The summed E-state index contributed by atoms with van der Waals surface area (Å²) in [5.41, 5.74) is 4.90. The van der Waals surface area contributed by atoms with Crippen LogP contribution in [0.4, 0.5) is 5.13 Å². The Morgan fingerprint density at radius 1 is 1.36 bits per heavy atom. The molecule has 1 saturated heterocycles. The number of aromatic nitrogens is 1. The molecule has 3 heterocycles. The number of β-lactam (4-membered cyclic amide) rings is 1. The first kappa shape index (κ1) is 27.4. The highest BCUT2D eigenvalue weighted by atomic mass is 32.2. The first-order chi connectivity index (χ1) is 16.9. The van der Waals surface area contributed by atoms with Crippen LogP contribution in [-0.4, -0.2) is 81.7 Å². The van der Waals surface area contributed by atoms with Gasteiger partial charge in [0.15, 0.2) is 10.8 Å². The molecule has 15 heteroatoms. The normalized spacial score (nSPS) is 20.9.